The summed E-state index contributed by atoms with van der Waals surface area (Å²) in [4.78, 5) is 25.5. The number of anilines is 1. The van der Waals surface area contributed by atoms with Crippen molar-refractivity contribution in [1.82, 2.24) is 0 Å². The van der Waals surface area contributed by atoms with Gasteiger partial charge in [-0.2, -0.15) is 0 Å². The van der Waals surface area contributed by atoms with E-state index in [1.807, 2.05) is 24.4 Å². The Morgan fingerprint density at radius 3 is 2.50 bits per heavy atom. The van der Waals surface area contributed by atoms with Crippen LogP contribution in [0.25, 0.3) is 0 Å². The Labute approximate surface area is 132 Å². The van der Waals surface area contributed by atoms with E-state index in [2.05, 4.69) is 0 Å². The van der Waals surface area contributed by atoms with Gasteiger partial charge in [0.1, 0.15) is 5.75 Å². The van der Waals surface area contributed by atoms with Gasteiger partial charge in [0.05, 0.1) is 5.92 Å². The van der Waals surface area contributed by atoms with E-state index in [0.717, 1.165) is 10.6 Å². The van der Waals surface area contributed by atoms with Crippen molar-refractivity contribution in [3.63, 3.8) is 0 Å². The van der Waals surface area contributed by atoms with Crippen LogP contribution in [0.15, 0.2) is 41.8 Å². The number of carbonyl (C=O) groups excluding carboxylic acids is 1. The minimum Gasteiger partial charge on any atom is -0.482 e. The van der Waals surface area contributed by atoms with Gasteiger partial charge in [-0.05, 0) is 42.6 Å². The summed E-state index contributed by atoms with van der Waals surface area (Å²) in [5.41, 5.74) is 0.732. The SMILES string of the molecule is CC(C(=O)N(C)c1ccc(OCC(=O)O)cc1)c1cccs1. The van der Waals surface area contributed by atoms with Gasteiger partial charge in [-0.25, -0.2) is 4.79 Å². The molecule has 0 radical (unpaired) electrons. The highest BCUT2D eigenvalue weighted by Crippen LogP contribution is 2.26. The molecule has 1 atom stereocenters. The van der Waals surface area contributed by atoms with Crippen molar-refractivity contribution in [2.75, 3.05) is 18.6 Å². The monoisotopic (exact) mass is 319 g/mol. The number of amides is 1. The van der Waals surface area contributed by atoms with Crippen LogP contribution in [0.1, 0.15) is 17.7 Å². The summed E-state index contributed by atoms with van der Waals surface area (Å²) in [6.07, 6.45) is 0. The number of aliphatic carboxylic acids is 1. The second kappa shape index (κ2) is 7.09. The smallest absolute Gasteiger partial charge is 0.341 e. The van der Waals surface area contributed by atoms with Crippen LogP contribution in [0.2, 0.25) is 0 Å². The Kier molecular flexibility index (Phi) is 5.16. The number of benzene rings is 1. The summed E-state index contributed by atoms with van der Waals surface area (Å²) in [5.74, 6) is -0.769. The average Bonchev–Trinajstić information content (AvgIpc) is 3.05. The van der Waals surface area contributed by atoms with Crippen molar-refractivity contribution in [2.24, 2.45) is 0 Å². The van der Waals surface area contributed by atoms with Crippen molar-refractivity contribution in [1.29, 1.82) is 0 Å². The van der Waals surface area contributed by atoms with E-state index in [4.69, 9.17) is 9.84 Å². The van der Waals surface area contributed by atoms with E-state index in [-0.39, 0.29) is 18.4 Å². The molecule has 2 aromatic rings. The number of carbonyl (C=O) groups is 2. The molecule has 1 N–H and O–H groups in total. The Hall–Kier alpha value is -2.34. The van der Waals surface area contributed by atoms with Crippen LogP contribution in [0.4, 0.5) is 5.69 Å². The topological polar surface area (TPSA) is 66.8 Å². The molecule has 1 aromatic carbocycles. The summed E-state index contributed by atoms with van der Waals surface area (Å²) in [6.45, 7) is 1.50. The minimum atomic E-state index is -1.03. The van der Waals surface area contributed by atoms with E-state index >= 15 is 0 Å². The molecular weight excluding hydrogens is 302 g/mol. The molecule has 116 valence electrons. The third-order valence-corrected chi connectivity index (χ3v) is 4.31. The summed E-state index contributed by atoms with van der Waals surface area (Å²) in [6, 6.07) is 10.6. The van der Waals surface area contributed by atoms with Crippen molar-refractivity contribution in [2.45, 2.75) is 12.8 Å². The van der Waals surface area contributed by atoms with Crippen LogP contribution in [0, 0.1) is 0 Å². The Balaban J connectivity index is 2.04. The van der Waals surface area contributed by atoms with Crippen LogP contribution >= 0.6 is 11.3 Å². The van der Waals surface area contributed by atoms with Gasteiger partial charge in [-0.1, -0.05) is 6.07 Å². The fourth-order valence-electron chi connectivity index (χ4n) is 1.99. The molecule has 1 amide bonds. The number of likely N-dealkylation sites (N-methyl/N-ethyl adjacent to an activating group) is 1. The van der Waals surface area contributed by atoms with Gasteiger partial charge >= 0.3 is 5.97 Å². The molecule has 0 fully saturated rings. The molecule has 0 aliphatic heterocycles. The number of thiophene rings is 1. The maximum Gasteiger partial charge on any atom is 0.341 e. The van der Waals surface area contributed by atoms with Gasteiger partial charge in [-0.3, -0.25) is 4.79 Å². The lowest BCUT2D eigenvalue weighted by Gasteiger charge is -2.21. The Bertz CT molecular complexity index is 637. The second-order valence-corrected chi connectivity index (χ2v) is 5.79. The fourth-order valence-corrected chi connectivity index (χ4v) is 2.76. The van der Waals surface area contributed by atoms with Gasteiger partial charge in [0.25, 0.3) is 0 Å². The summed E-state index contributed by atoms with van der Waals surface area (Å²) in [5, 5.41) is 10.5. The number of carboxylic acids is 1. The number of hydrogen-bond donors (Lipinski definition) is 1. The lowest BCUT2D eigenvalue weighted by atomic mass is 10.1. The van der Waals surface area contributed by atoms with Gasteiger partial charge in [0.2, 0.25) is 5.91 Å². The predicted octanol–water partition coefficient (Wildman–Crippen LogP) is 2.98. The summed E-state index contributed by atoms with van der Waals surface area (Å²) in [7, 11) is 1.72. The first-order chi connectivity index (χ1) is 10.5. The second-order valence-electron chi connectivity index (χ2n) is 4.81. The molecule has 0 saturated carbocycles. The lowest BCUT2D eigenvalue weighted by molar-refractivity contribution is -0.139. The van der Waals surface area contributed by atoms with Crippen molar-refractivity contribution in [3.8, 4) is 5.75 Å². The third-order valence-electron chi connectivity index (χ3n) is 3.26. The van der Waals surface area contributed by atoms with Crippen LogP contribution in [-0.2, 0) is 9.59 Å². The van der Waals surface area contributed by atoms with E-state index in [1.165, 1.54) is 0 Å². The number of carboxylic acid groups (broad SMARTS) is 1. The molecule has 5 nitrogen and oxygen atoms in total. The van der Waals surface area contributed by atoms with Gasteiger partial charge < -0.3 is 14.7 Å². The van der Waals surface area contributed by atoms with E-state index in [1.54, 1.807) is 47.5 Å². The highest BCUT2D eigenvalue weighted by molar-refractivity contribution is 7.10. The molecule has 0 spiro atoms. The zero-order chi connectivity index (χ0) is 16.1. The first-order valence-electron chi connectivity index (χ1n) is 6.74. The van der Waals surface area contributed by atoms with Crippen LogP contribution < -0.4 is 9.64 Å². The molecule has 1 unspecified atom stereocenters. The van der Waals surface area contributed by atoms with E-state index in [0.29, 0.717) is 5.75 Å². The first kappa shape index (κ1) is 16.0. The molecule has 1 aromatic heterocycles. The molecule has 2 rings (SSSR count). The maximum absolute atomic E-state index is 12.5. The van der Waals surface area contributed by atoms with Gasteiger partial charge in [-0.15, -0.1) is 11.3 Å². The number of rotatable bonds is 6. The molecular formula is C16H17NO4S. The van der Waals surface area contributed by atoms with E-state index in [9.17, 15) is 9.59 Å². The Morgan fingerprint density at radius 1 is 1.27 bits per heavy atom. The molecule has 6 heteroatoms. The van der Waals surface area contributed by atoms with Crippen LogP contribution in [0.5, 0.6) is 5.75 Å². The molecule has 0 bridgehead atoms. The number of hydrogen-bond acceptors (Lipinski definition) is 4. The molecule has 22 heavy (non-hydrogen) atoms. The molecule has 0 aliphatic rings. The third kappa shape index (κ3) is 3.85. The van der Waals surface area contributed by atoms with Gasteiger partial charge in [0.15, 0.2) is 6.61 Å². The highest BCUT2D eigenvalue weighted by Gasteiger charge is 2.21. The summed E-state index contributed by atoms with van der Waals surface area (Å²) < 4.78 is 5.07. The van der Waals surface area contributed by atoms with Crippen molar-refractivity contribution >= 4 is 28.9 Å². The standard InChI is InChI=1S/C16H17NO4S/c1-11(14-4-3-9-22-14)16(20)17(2)12-5-7-13(8-6-12)21-10-15(18)19/h3-9,11H,10H2,1-2H3,(H,18,19). The number of nitrogens with zero attached hydrogens (tertiary/aromatic N) is 1. The molecule has 1 heterocycles. The number of ether oxygens (including phenoxy) is 1. The lowest BCUT2D eigenvalue weighted by Crippen LogP contribution is -2.30. The average molecular weight is 319 g/mol. The zero-order valence-corrected chi connectivity index (χ0v) is 13.2. The van der Waals surface area contributed by atoms with Gasteiger partial charge in [0, 0.05) is 17.6 Å². The molecule has 0 aliphatic carbocycles. The summed E-state index contributed by atoms with van der Waals surface area (Å²) >= 11 is 1.56. The fraction of sp³-hybridized carbons (Fsp3) is 0.250. The van der Waals surface area contributed by atoms with Crippen molar-refractivity contribution < 1.29 is 19.4 Å². The zero-order valence-electron chi connectivity index (χ0n) is 12.4. The normalized spacial score (nSPS) is 11.7. The van der Waals surface area contributed by atoms with Crippen LogP contribution in [0.3, 0.4) is 0 Å². The predicted molar refractivity (Wildman–Crippen MR) is 85.7 cm³/mol. The van der Waals surface area contributed by atoms with Crippen molar-refractivity contribution in [3.05, 3.63) is 46.7 Å². The first-order valence-corrected chi connectivity index (χ1v) is 7.62. The van der Waals surface area contributed by atoms with E-state index < -0.39 is 5.97 Å². The quantitative estimate of drug-likeness (QED) is 0.889. The van der Waals surface area contributed by atoms with Crippen LogP contribution in [-0.4, -0.2) is 30.6 Å². The largest absolute Gasteiger partial charge is 0.482 e. The molecule has 0 saturated heterocycles. The Morgan fingerprint density at radius 2 is 1.95 bits per heavy atom. The maximum atomic E-state index is 12.5. The highest BCUT2D eigenvalue weighted by atomic mass is 32.1. The minimum absolute atomic E-state index is 0.00153.